The van der Waals surface area contributed by atoms with Gasteiger partial charge in [-0.3, -0.25) is 4.79 Å². The molecule has 0 bridgehead atoms. The van der Waals surface area contributed by atoms with Gasteiger partial charge in [0.05, 0.1) is 23.5 Å². The molecule has 31 heavy (non-hydrogen) atoms. The topological polar surface area (TPSA) is 97.7 Å². The van der Waals surface area contributed by atoms with Gasteiger partial charge < -0.3 is 9.84 Å². The predicted octanol–water partition coefficient (Wildman–Crippen LogP) is 4.08. The second-order valence-corrected chi connectivity index (χ2v) is 9.02. The number of ether oxygens (including phenoxy) is 1. The van der Waals surface area contributed by atoms with E-state index in [0.29, 0.717) is 16.7 Å². The standard InChI is InChI=1S/C24H22O6S/c1-3-30-24(27)21(15-22(25)26)23(17-10-12-20(13-11-17)31(2,28)29)19-9-8-16-6-4-5-7-18(16)14-19/h4-14H,3,15H2,1-2H3,(H,25,26). The molecule has 0 fully saturated rings. The highest BCUT2D eigenvalue weighted by Gasteiger charge is 2.23. The van der Waals surface area contributed by atoms with Crippen molar-refractivity contribution in [2.45, 2.75) is 18.2 Å². The van der Waals surface area contributed by atoms with Crippen LogP contribution in [0.25, 0.3) is 16.3 Å². The molecule has 0 radical (unpaired) electrons. The van der Waals surface area contributed by atoms with Crippen molar-refractivity contribution in [2.24, 2.45) is 0 Å². The Morgan fingerprint density at radius 3 is 2.10 bits per heavy atom. The van der Waals surface area contributed by atoms with Gasteiger partial charge in [0.15, 0.2) is 9.84 Å². The quantitative estimate of drug-likeness (QED) is 0.441. The number of sulfone groups is 1. The van der Waals surface area contributed by atoms with Gasteiger partial charge in [0.2, 0.25) is 0 Å². The Bertz CT molecular complexity index is 1270. The molecule has 1 N–H and O–H groups in total. The van der Waals surface area contributed by atoms with E-state index in [1.807, 2.05) is 42.5 Å². The molecule has 0 saturated carbocycles. The van der Waals surface area contributed by atoms with Gasteiger partial charge >= 0.3 is 11.9 Å². The number of aliphatic carboxylic acids is 1. The number of benzene rings is 3. The number of esters is 1. The summed E-state index contributed by atoms with van der Waals surface area (Å²) in [4.78, 5) is 24.4. The van der Waals surface area contributed by atoms with Crippen molar-refractivity contribution < 1.29 is 27.9 Å². The Kier molecular flexibility index (Phi) is 6.56. The van der Waals surface area contributed by atoms with E-state index in [9.17, 15) is 23.1 Å². The van der Waals surface area contributed by atoms with Crippen LogP contribution in [0.3, 0.4) is 0 Å². The molecule has 0 amide bonds. The fourth-order valence-electron chi connectivity index (χ4n) is 3.36. The molecule has 0 atom stereocenters. The minimum absolute atomic E-state index is 0.00302. The van der Waals surface area contributed by atoms with Gasteiger partial charge in [-0.1, -0.05) is 48.5 Å². The SMILES string of the molecule is CCOC(=O)C(CC(=O)O)=C(c1ccc(S(C)(=O)=O)cc1)c1ccc2ccccc2c1. The van der Waals surface area contributed by atoms with Crippen molar-refractivity contribution in [3.63, 3.8) is 0 Å². The van der Waals surface area contributed by atoms with Gasteiger partial charge in [-0.25, -0.2) is 13.2 Å². The van der Waals surface area contributed by atoms with E-state index in [1.54, 1.807) is 19.1 Å². The van der Waals surface area contributed by atoms with Gasteiger partial charge in [-0.05, 0) is 52.6 Å². The summed E-state index contributed by atoms with van der Waals surface area (Å²) in [6.07, 6.45) is 0.575. The Labute approximate surface area is 180 Å². The maximum absolute atomic E-state index is 12.7. The molecular formula is C24H22O6S. The Hall–Kier alpha value is -3.45. The van der Waals surface area contributed by atoms with Gasteiger partial charge in [0, 0.05) is 6.26 Å². The zero-order valence-corrected chi connectivity index (χ0v) is 18.0. The molecule has 0 saturated heterocycles. The number of carbonyl (C=O) groups excluding carboxylic acids is 1. The van der Waals surface area contributed by atoms with E-state index >= 15 is 0 Å². The smallest absolute Gasteiger partial charge is 0.335 e. The van der Waals surface area contributed by atoms with Crippen molar-refractivity contribution in [3.8, 4) is 0 Å². The number of carboxylic acids is 1. The summed E-state index contributed by atoms with van der Waals surface area (Å²) in [5.41, 5.74) is 1.55. The summed E-state index contributed by atoms with van der Waals surface area (Å²) < 4.78 is 28.8. The summed E-state index contributed by atoms with van der Waals surface area (Å²) in [6, 6.07) is 19.3. The first-order chi connectivity index (χ1) is 14.7. The third-order valence-electron chi connectivity index (χ3n) is 4.76. The Morgan fingerprint density at radius 1 is 0.903 bits per heavy atom. The number of fused-ring (bicyclic) bond motifs is 1. The van der Waals surface area contributed by atoms with Crippen LogP contribution in [0.4, 0.5) is 0 Å². The van der Waals surface area contributed by atoms with Crippen LogP contribution in [0, 0.1) is 0 Å². The third-order valence-corrected chi connectivity index (χ3v) is 5.89. The van der Waals surface area contributed by atoms with Crippen LogP contribution in [0.5, 0.6) is 0 Å². The zero-order chi connectivity index (χ0) is 22.6. The molecule has 0 heterocycles. The zero-order valence-electron chi connectivity index (χ0n) is 17.2. The lowest BCUT2D eigenvalue weighted by molar-refractivity contribution is -0.142. The molecule has 160 valence electrons. The van der Waals surface area contributed by atoms with E-state index in [0.717, 1.165) is 17.0 Å². The number of carboxylic acid groups (broad SMARTS) is 1. The maximum atomic E-state index is 12.7. The van der Waals surface area contributed by atoms with Crippen LogP contribution in [0.1, 0.15) is 24.5 Å². The van der Waals surface area contributed by atoms with Gasteiger partial charge in [-0.2, -0.15) is 0 Å². The maximum Gasteiger partial charge on any atom is 0.335 e. The predicted molar refractivity (Wildman–Crippen MR) is 118 cm³/mol. The van der Waals surface area contributed by atoms with Crippen LogP contribution in [-0.2, 0) is 24.2 Å². The van der Waals surface area contributed by atoms with E-state index < -0.39 is 28.2 Å². The summed E-state index contributed by atoms with van der Waals surface area (Å²) in [6.45, 7) is 1.74. The lowest BCUT2D eigenvalue weighted by Gasteiger charge is -2.16. The van der Waals surface area contributed by atoms with E-state index in [-0.39, 0.29) is 17.1 Å². The fourth-order valence-corrected chi connectivity index (χ4v) is 3.99. The largest absolute Gasteiger partial charge is 0.481 e. The number of hydrogen-bond acceptors (Lipinski definition) is 5. The summed E-state index contributed by atoms with van der Waals surface area (Å²) in [7, 11) is -3.40. The Morgan fingerprint density at radius 2 is 1.52 bits per heavy atom. The van der Waals surface area contributed by atoms with E-state index in [1.165, 1.54) is 12.1 Å². The van der Waals surface area contributed by atoms with Crippen LogP contribution < -0.4 is 0 Å². The van der Waals surface area contributed by atoms with Crippen LogP contribution in [-0.4, -0.2) is 38.3 Å². The molecule has 0 aliphatic carbocycles. The highest BCUT2D eigenvalue weighted by molar-refractivity contribution is 7.90. The molecule has 6 nitrogen and oxygen atoms in total. The summed E-state index contributed by atoms with van der Waals surface area (Å²) in [5, 5.41) is 11.4. The van der Waals surface area contributed by atoms with Gasteiger partial charge in [0.1, 0.15) is 0 Å². The second-order valence-electron chi connectivity index (χ2n) is 7.00. The molecule has 0 aliphatic rings. The Balaban J connectivity index is 2.30. The summed E-state index contributed by atoms with van der Waals surface area (Å²) in [5.74, 6) is -1.89. The molecule has 0 aromatic heterocycles. The second kappa shape index (κ2) is 9.14. The van der Waals surface area contributed by atoms with Crippen molar-refractivity contribution in [2.75, 3.05) is 12.9 Å². The molecule has 0 aliphatic heterocycles. The van der Waals surface area contributed by atoms with Crippen molar-refractivity contribution >= 4 is 38.1 Å². The molecule has 3 aromatic rings. The van der Waals surface area contributed by atoms with Crippen molar-refractivity contribution in [1.82, 2.24) is 0 Å². The van der Waals surface area contributed by atoms with Crippen molar-refractivity contribution in [3.05, 3.63) is 83.4 Å². The molecular weight excluding hydrogens is 416 g/mol. The summed E-state index contributed by atoms with van der Waals surface area (Å²) >= 11 is 0. The average molecular weight is 439 g/mol. The first-order valence-corrected chi connectivity index (χ1v) is 11.5. The third kappa shape index (κ3) is 5.19. The van der Waals surface area contributed by atoms with E-state index in [4.69, 9.17) is 4.74 Å². The monoisotopic (exact) mass is 438 g/mol. The van der Waals surface area contributed by atoms with Crippen LogP contribution >= 0.6 is 0 Å². The highest BCUT2D eigenvalue weighted by atomic mass is 32.2. The fraction of sp³-hybridized carbons (Fsp3) is 0.167. The number of rotatable bonds is 7. The molecule has 7 heteroatoms. The lowest BCUT2D eigenvalue weighted by atomic mass is 9.90. The minimum atomic E-state index is -3.40. The number of hydrogen-bond donors (Lipinski definition) is 1. The molecule has 3 aromatic carbocycles. The lowest BCUT2D eigenvalue weighted by Crippen LogP contribution is -2.14. The highest BCUT2D eigenvalue weighted by Crippen LogP contribution is 2.32. The number of carbonyl (C=O) groups is 2. The van der Waals surface area contributed by atoms with Gasteiger partial charge in [0.25, 0.3) is 0 Å². The first-order valence-electron chi connectivity index (χ1n) is 9.62. The average Bonchev–Trinajstić information content (AvgIpc) is 2.73. The van der Waals surface area contributed by atoms with Gasteiger partial charge in [-0.15, -0.1) is 0 Å². The van der Waals surface area contributed by atoms with Crippen LogP contribution in [0.2, 0.25) is 0 Å². The minimum Gasteiger partial charge on any atom is -0.481 e. The van der Waals surface area contributed by atoms with Crippen LogP contribution in [0.15, 0.2) is 77.2 Å². The van der Waals surface area contributed by atoms with E-state index in [2.05, 4.69) is 0 Å². The molecule has 3 rings (SSSR count). The normalized spacial score (nSPS) is 12.3. The molecule has 0 spiro atoms. The van der Waals surface area contributed by atoms with Crippen molar-refractivity contribution in [1.29, 1.82) is 0 Å². The first kappa shape index (κ1) is 22.2. The molecule has 0 unspecified atom stereocenters.